The Balaban J connectivity index is 1.97. The predicted molar refractivity (Wildman–Crippen MR) is 110 cm³/mol. The number of benzene rings is 2. The number of alkyl halides is 3. The van der Waals surface area contributed by atoms with Gasteiger partial charge < -0.3 is 14.4 Å². The van der Waals surface area contributed by atoms with Gasteiger partial charge in [0.05, 0.1) is 26.8 Å². The highest BCUT2D eigenvalue weighted by atomic mass is 19.4. The summed E-state index contributed by atoms with van der Waals surface area (Å²) in [7, 11) is 3.16. The van der Waals surface area contributed by atoms with Crippen molar-refractivity contribution < 1.29 is 24.0 Å². The average molecular weight is 417 g/mol. The van der Waals surface area contributed by atoms with Crippen LogP contribution in [-0.2, 0) is 19.3 Å². The molecule has 0 radical (unpaired) electrons. The first-order valence-electron chi connectivity index (χ1n) is 9.77. The molecule has 30 heavy (non-hydrogen) atoms. The normalized spacial score (nSPS) is 11.7. The summed E-state index contributed by atoms with van der Waals surface area (Å²) in [6.07, 6.45) is -4.62. The Hall–Kier alpha value is -3.22. The van der Waals surface area contributed by atoms with E-state index in [4.69, 9.17) is 10.8 Å². The fourth-order valence-corrected chi connectivity index (χ4v) is 3.07. The van der Waals surface area contributed by atoms with Gasteiger partial charge in [0.2, 0.25) is 0 Å². The molecule has 0 aliphatic carbocycles. The lowest BCUT2D eigenvalue weighted by Gasteiger charge is -2.25. The van der Waals surface area contributed by atoms with Crippen molar-refractivity contribution in [2.45, 2.75) is 26.2 Å². The van der Waals surface area contributed by atoms with Gasteiger partial charge in [-0.05, 0) is 54.4 Å². The number of ether oxygens (including phenoxy) is 2. The second kappa shape index (κ2) is 9.07. The summed E-state index contributed by atoms with van der Waals surface area (Å²) in [5.74, 6) is 1.73. The summed E-state index contributed by atoms with van der Waals surface area (Å²) < 4.78 is 58.2. The van der Waals surface area contributed by atoms with E-state index in [-0.39, 0.29) is 5.69 Å². The van der Waals surface area contributed by atoms with Crippen LogP contribution in [0.3, 0.4) is 0 Å². The molecule has 0 aliphatic rings. The number of anilines is 1. The molecule has 1 heterocycles. The van der Waals surface area contributed by atoms with Crippen molar-refractivity contribution in [2.24, 2.45) is 0 Å². The Morgan fingerprint density at radius 1 is 0.867 bits per heavy atom. The minimum Gasteiger partial charge on any atom is -0.497 e. The van der Waals surface area contributed by atoms with E-state index in [2.05, 4.69) is 4.98 Å². The van der Waals surface area contributed by atoms with E-state index < -0.39 is 17.8 Å². The number of aromatic nitrogens is 1. The van der Waals surface area contributed by atoms with Crippen LogP contribution >= 0.6 is 0 Å². The number of aryl methyl sites for hydroxylation is 1. The van der Waals surface area contributed by atoms with Crippen LogP contribution in [0.4, 0.5) is 19.0 Å². The van der Waals surface area contributed by atoms with Crippen molar-refractivity contribution in [3.8, 4) is 11.5 Å². The van der Waals surface area contributed by atoms with E-state index in [1.165, 1.54) is 13.0 Å². The van der Waals surface area contributed by atoms with E-state index >= 15 is 0 Å². The van der Waals surface area contributed by atoms with Crippen LogP contribution in [-0.4, -0.2) is 19.2 Å². The zero-order valence-corrected chi connectivity index (χ0v) is 17.0. The highest BCUT2D eigenvalue weighted by Gasteiger charge is 2.33. The number of pyridine rings is 1. The fraction of sp³-hybridized carbons (Fsp3) is 0.261. The zero-order chi connectivity index (χ0) is 22.6. The first-order valence-corrected chi connectivity index (χ1v) is 9.27. The van der Waals surface area contributed by atoms with Crippen molar-refractivity contribution in [3.05, 3.63) is 83.0 Å². The largest absolute Gasteiger partial charge is 0.497 e. The molecule has 0 spiro atoms. The molecule has 0 unspecified atom stereocenters. The first kappa shape index (κ1) is 20.1. The molecule has 0 atom stereocenters. The average Bonchev–Trinajstić information content (AvgIpc) is 2.72. The Morgan fingerprint density at radius 2 is 1.33 bits per heavy atom. The number of methoxy groups -OCH3 is 2. The molecular weight excluding hydrogens is 393 g/mol. The van der Waals surface area contributed by atoms with Crippen LogP contribution in [0.1, 0.15) is 23.8 Å². The summed E-state index contributed by atoms with van der Waals surface area (Å²) in [6.45, 7) is 2.07. The maximum absolute atomic E-state index is 13.3. The Kier molecular flexibility index (Phi) is 6.07. The van der Waals surface area contributed by atoms with E-state index in [9.17, 15) is 13.2 Å². The third kappa shape index (κ3) is 5.23. The van der Waals surface area contributed by atoms with Crippen molar-refractivity contribution in [1.82, 2.24) is 4.98 Å². The van der Waals surface area contributed by atoms with E-state index in [0.29, 0.717) is 30.4 Å². The van der Waals surface area contributed by atoms with Gasteiger partial charge >= 0.3 is 6.18 Å². The van der Waals surface area contributed by atoms with Gasteiger partial charge in [-0.15, -0.1) is 0 Å². The van der Waals surface area contributed by atoms with Gasteiger partial charge in [-0.25, -0.2) is 4.98 Å². The van der Waals surface area contributed by atoms with Gasteiger partial charge in [0.15, 0.2) is 0 Å². The molecule has 0 saturated carbocycles. The van der Waals surface area contributed by atoms with Gasteiger partial charge in [-0.3, -0.25) is 0 Å². The summed E-state index contributed by atoms with van der Waals surface area (Å²) in [5.41, 5.74) is 0.634. The lowest BCUT2D eigenvalue weighted by Crippen LogP contribution is -2.24. The van der Waals surface area contributed by atoms with E-state index in [1.807, 2.05) is 53.4 Å². The standard InChI is InChI=1S/C23H23F3N2O2/c1-16-21(23(24,25)26)12-13-22(27-16)28(14-17-4-8-19(29-2)9-5-17)15-18-6-10-20(30-3)11-7-18/h4-13H,14-15H2,1-3H3/i12D. The molecule has 0 saturated heterocycles. The number of hydrogen-bond donors (Lipinski definition) is 0. The van der Waals surface area contributed by atoms with Crippen LogP contribution in [0.2, 0.25) is 0 Å². The quantitative estimate of drug-likeness (QED) is 0.499. The van der Waals surface area contributed by atoms with Crippen LogP contribution in [0.25, 0.3) is 0 Å². The number of rotatable bonds is 7. The van der Waals surface area contributed by atoms with Crippen molar-refractivity contribution in [1.29, 1.82) is 0 Å². The van der Waals surface area contributed by atoms with Gasteiger partial charge in [-0.2, -0.15) is 13.2 Å². The smallest absolute Gasteiger partial charge is 0.418 e. The summed E-state index contributed by atoms with van der Waals surface area (Å²) in [6, 6.07) is 15.4. The van der Waals surface area contributed by atoms with Crippen LogP contribution in [0.15, 0.2) is 60.6 Å². The van der Waals surface area contributed by atoms with Crippen molar-refractivity contribution in [2.75, 3.05) is 19.1 Å². The number of nitrogens with zero attached hydrogens (tertiary/aromatic N) is 2. The molecule has 7 heteroatoms. The summed E-state index contributed by atoms with van der Waals surface area (Å²) in [5, 5.41) is 0. The lowest BCUT2D eigenvalue weighted by molar-refractivity contribution is -0.138. The van der Waals surface area contributed by atoms with Crippen LogP contribution < -0.4 is 14.4 Å². The van der Waals surface area contributed by atoms with E-state index in [1.54, 1.807) is 14.2 Å². The molecular formula is C23H23F3N2O2. The van der Waals surface area contributed by atoms with Gasteiger partial charge in [-0.1, -0.05) is 24.3 Å². The third-order valence-electron chi connectivity index (χ3n) is 4.66. The minimum absolute atomic E-state index is 0.218. The first-order chi connectivity index (χ1) is 14.7. The molecule has 158 valence electrons. The minimum atomic E-state index is -4.62. The molecule has 3 aromatic rings. The molecule has 4 nitrogen and oxygen atoms in total. The topological polar surface area (TPSA) is 34.6 Å². The van der Waals surface area contributed by atoms with Crippen LogP contribution in [0, 0.1) is 6.92 Å². The summed E-state index contributed by atoms with van der Waals surface area (Å²) >= 11 is 0. The molecule has 2 aromatic carbocycles. The monoisotopic (exact) mass is 417 g/mol. The van der Waals surface area contributed by atoms with Crippen molar-refractivity contribution >= 4 is 5.82 Å². The molecule has 0 bridgehead atoms. The zero-order valence-electron chi connectivity index (χ0n) is 18.0. The number of halogens is 3. The molecule has 3 rings (SSSR count). The molecule has 0 aliphatic heterocycles. The second-order valence-electron chi connectivity index (χ2n) is 6.77. The van der Waals surface area contributed by atoms with Gasteiger partial charge in [0.25, 0.3) is 0 Å². The van der Waals surface area contributed by atoms with E-state index in [0.717, 1.165) is 11.1 Å². The maximum Gasteiger partial charge on any atom is 0.418 e. The molecule has 0 N–H and O–H groups in total. The Labute approximate surface area is 175 Å². The van der Waals surface area contributed by atoms with Gasteiger partial charge in [0.1, 0.15) is 17.3 Å². The van der Waals surface area contributed by atoms with Crippen molar-refractivity contribution in [3.63, 3.8) is 0 Å². The van der Waals surface area contributed by atoms with Gasteiger partial charge in [0, 0.05) is 13.1 Å². The fourth-order valence-electron chi connectivity index (χ4n) is 3.07. The molecule has 0 amide bonds. The Bertz CT molecular complexity index is 950. The third-order valence-corrected chi connectivity index (χ3v) is 4.66. The Morgan fingerprint density at radius 3 is 1.70 bits per heavy atom. The molecule has 0 fully saturated rings. The summed E-state index contributed by atoms with van der Waals surface area (Å²) in [4.78, 5) is 6.04. The predicted octanol–water partition coefficient (Wildman–Crippen LogP) is 5.63. The lowest BCUT2D eigenvalue weighted by atomic mass is 10.1. The SMILES string of the molecule is [2H]c1cc(N(Cc2ccc(OC)cc2)Cc2ccc(OC)cc2)nc(C)c1C(F)(F)F. The highest BCUT2D eigenvalue weighted by Crippen LogP contribution is 2.32. The molecule has 1 aromatic heterocycles. The van der Waals surface area contributed by atoms with Crippen LogP contribution in [0.5, 0.6) is 11.5 Å². The maximum atomic E-state index is 13.3. The second-order valence-corrected chi connectivity index (χ2v) is 6.77. The number of hydrogen-bond acceptors (Lipinski definition) is 4. The highest BCUT2D eigenvalue weighted by molar-refractivity contribution is 5.45.